The van der Waals surface area contributed by atoms with Gasteiger partial charge in [0.1, 0.15) is 11.5 Å². The fourth-order valence-corrected chi connectivity index (χ4v) is 2.22. The van der Waals surface area contributed by atoms with Crippen molar-refractivity contribution in [3.8, 4) is 23.0 Å². The molecule has 0 aliphatic carbocycles. The summed E-state index contributed by atoms with van der Waals surface area (Å²) < 4.78 is 0. The van der Waals surface area contributed by atoms with Gasteiger partial charge >= 0.3 is 0 Å². The number of carbonyl (C=O) groups excluding carboxylic acids is 1. The Bertz CT molecular complexity index is 679. The molecule has 0 spiro atoms. The fourth-order valence-electron chi connectivity index (χ4n) is 2.22. The zero-order chi connectivity index (χ0) is 16.8. The molecule has 0 atom stereocenters. The minimum absolute atomic E-state index is 0.0347. The number of amides is 1. The van der Waals surface area contributed by atoms with Gasteiger partial charge in [-0.1, -0.05) is 6.07 Å². The Morgan fingerprint density at radius 2 is 1.52 bits per heavy atom. The third-order valence-corrected chi connectivity index (χ3v) is 3.38. The van der Waals surface area contributed by atoms with Gasteiger partial charge in [0, 0.05) is 19.0 Å². The van der Waals surface area contributed by atoms with Gasteiger partial charge in [-0.15, -0.1) is 0 Å². The zero-order valence-electron chi connectivity index (χ0n) is 12.5. The van der Waals surface area contributed by atoms with Crippen LogP contribution in [0.3, 0.4) is 0 Å². The number of carbonyl (C=O) groups is 1. The average molecular weight is 317 g/mol. The quantitative estimate of drug-likeness (QED) is 0.522. The SMILES string of the molecule is O=C(CCc1cc(O)cc(O)c1)NCCc1ccc(O)c(O)c1. The minimum atomic E-state index is -0.183. The lowest BCUT2D eigenvalue weighted by Gasteiger charge is -2.07. The number of aromatic hydroxyl groups is 4. The van der Waals surface area contributed by atoms with Gasteiger partial charge in [0.25, 0.3) is 0 Å². The summed E-state index contributed by atoms with van der Waals surface area (Å²) in [4.78, 5) is 11.8. The van der Waals surface area contributed by atoms with Crippen LogP contribution in [0.5, 0.6) is 23.0 Å². The van der Waals surface area contributed by atoms with Gasteiger partial charge in [-0.2, -0.15) is 0 Å². The van der Waals surface area contributed by atoms with E-state index in [0.29, 0.717) is 24.9 Å². The van der Waals surface area contributed by atoms with Crippen molar-refractivity contribution in [2.24, 2.45) is 0 Å². The van der Waals surface area contributed by atoms with Crippen LogP contribution in [0.25, 0.3) is 0 Å². The van der Waals surface area contributed by atoms with Crippen LogP contribution in [0.15, 0.2) is 36.4 Å². The monoisotopic (exact) mass is 317 g/mol. The van der Waals surface area contributed by atoms with E-state index in [4.69, 9.17) is 0 Å². The summed E-state index contributed by atoms with van der Waals surface area (Å²) in [7, 11) is 0. The molecule has 0 heterocycles. The standard InChI is InChI=1S/C17H19NO5/c19-13-7-12(8-14(20)10-13)2-4-17(23)18-6-5-11-1-3-15(21)16(22)9-11/h1,3,7-10,19-22H,2,4-6H2,(H,18,23). The Hall–Kier alpha value is -2.89. The van der Waals surface area contributed by atoms with E-state index in [1.807, 2.05) is 0 Å². The maximum Gasteiger partial charge on any atom is 0.220 e. The van der Waals surface area contributed by atoms with Gasteiger partial charge in [-0.25, -0.2) is 0 Å². The van der Waals surface area contributed by atoms with E-state index in [2.05, 4.69) is 5.32 Å². The predicted octanol–water partition coefficient (Wildman–Crippen LogP) is 1.80. The molecule has 0 aliphatic rings. The third kappa shape index (κ3) is 5.10. The molecule has 0 fully saturated rings. The van der Waals surface area contributed by atoms with Crippen LogP contribution in [0.1, 0.15) is 17.5 Å². The molecule has 2 aromatic carbocycles. The Morgan fingerprint density at radius 1 is 0.826 bits per heavy atom. The number of aryl methyl sites for hydroxylation is 1. The lowest BCUT2D eigenvalue weighted by atomic mass is 10.1. The molecule has 1 amide bonds. The highest BCUT2D eigenvalue weighted by Gasteiger charge is 2.05. The first kappa shape index (κ1) is 16.5. The van der Waals surface area contributed by atoms with Crippen LogP contribution in [0.2, 0.25) is 0 Å². The van der Waals surface area contributed by atoms with Gasteiger partial charge in [0.15, 0.2) is 11.5 Å². The lowest BCUT2D eigenvalue weighted by Crippen LogP contribution is -2.25. The summed E-state index contributed by atoms with van der Waals surface area (Å²) in [5, 5.41) is 40.1. The molecule has 0 saturated carbocycles. The number of rotatable bonds is 6. The maximum atomic E-state index is 11.8. The molecule has 6 nitrogen and oxygen atoms in total. The van der Waals surface area contributed by atoms with Gasteiger partial charge < -0.3 is 25.7 Å². The summed E-state index contributed by atoms with van der Waals surface area (Å²) in [5.41, 5.74) is 1.49. The van der Waals surface area contributed by atoms with Crippen molar-refractivity contribution in [1.29, 1.82) is 0 Å². The summed E-state index contributed by atoms with van der Waals surface area (Å²) in [6.45, 7) is 0.411. The second-order valence-corrected chi connectivity index (χ2v) is 5.28. The van der Waals surface area contributed by atoms with Crippen LogP contribution < -0.4 is 5.32 Å². The highest BCUT2D eigenvalue weighted by molar-refractivity contribution is 5.76. The Kier molecular flexibility index (Phi) is 5.30. The Morgan fingerprint density at radius 3 is 2.17 bits per heavy atom. The highest BCUT2D eigenvalue weighted by Crippen LogP contribution is 2.25. The zero-order valence-corrected chi connectivity index (χ0v) is 12.5. The number of hydrogen-bond acceptors (Lipinski definition) is 5. The van der Waals surface area contributed by atoms with Crippen LogP contribution in [-0.2, 0) is 17.6 Å². The van der Waals surface area contributed by atoms with Gasteiger partial charge in [-0.3, -0.25) is 4.79 Å². The summed E-state index contributed by atoms with van der Waals surface area (Å²) in [6, 6.07) is 8.78. The van der Waals surface area contributed by atoms with Crippen molar-refractivity contribution in [1.82, 2.24) is 5.32 Å². The molecule has 0 aromatic heterocycles. The second-order valence-electron chi connectivity index (χ2n) is 5.28. The molecule has 0 radical (unpaired) electrons. The van der Waals surface area contributed by atoms with E-state index in [-0.39, 0.29) is 35.3 Å². The van der Waals surface area contributed by atoms with E-state index in [1.54, 1.807) is 6.07 Å². The highest BCUT2D eigenvalue weighted by atomic mass is 16.3. The van der Waals surface area contributed by atoms with Crippen molar-refractivity contribution in [2.75, 3.05) is 6.54 Å². The summed E-state index contributed by atoms with van der Waals surface area (Å²) in [6.07, 6.45) is 1.18. The van der Waals surface area contributed by atoms with Crippen LogP contribution in [0, 0.1) is 0 Å². The molecule has 6 heteroatoms. The van der Waals surface area contributed by atoms with Crippen LogP contribution in [-0.4, -0.2) is 32.9 Å². The van der Waals surface area contributed by atoms with E-state index < -0.39 is 0 Å². The number of nitrogens with one attached hydrogen (secondary N) is 1. The molecule has 0 saturated heterocycles. The van der Waals surface area contributed by atoms with E-state index in [1.165, 1.54) is 30.3 Å². The molecule has 2 aromatic rings. The van der Waals surface area contributed by atoms with E-state index in [9.17, 15) is 25.2 Å². The first-order chi connectivity index (χ1) is 10.9. The normalized spacial score (nSPS) is 10.4. The smallest absolute Gasteiger partial charge is 0.220 e. The first-order valence-electron chi connectivity index (χ1n) is 7.23. The van der Waals surface area contributed by atoms with E-state index >= 15 is 0 Å². The molecule has 122 valence electrons. The predicted molar refractivity (Wildman–Crippen MR) is 84.6 cm³/mol. The second kappa shape index (κ2) is 7.40. The molecular formula is C17H19NO5. The molecule has 2 rings (SSSR count). The number of phenolic OH excluding ortho intramolecular Hbond substituents is 4. The fraction of sp³-hybridized carbons (Fsp3) is 0.235. The van der Waals surface area contributed by atoms with Crippen molar-refractivity contribution in [3.63, 3.8) is 0 Å². The number of phenols is 4. The molecular weight excluding hydrogens is 298 g/mol. The van der Waals surface area contributed by atoms with Crippen molar-refractivity contribution in [2.45, 2.75) is 19.3 Å². The Labute approximate surface area is 133 Å². The van der Waals surface area contributed by atoms with Crippen molar-refractivity contribution in [3.05, 3.63) is 47.5 Å². The lowest BCUT2D eigenvalue weighted by molar-refractivity contribution is -0.121. The van der Waals surface area contributed by atoms with Crippen molar-refractivity contribution < 1.29 is 25.2 Å². The summed E-state index contributed by atoms with van der Waals surface area (Å²) >= 11 is 0. The van der Waals surface area contributed by atoms with Crippen LogP contribution >= 0.6 is 0 Å². The molecule has 0 bridgehead atoms. The minimum Gasteiger partial charge on any atom is -0.508 e. The number of hydrogen-bond donors (Lipinski definition) is 5. The topological polar surface area (TPSA) is 110 Å². The van der Waals surface area contributed by atoms with Crippen molar-refractivity contribution >= 4 is 5.91 Å². The average Bonchev–Trinajstić information content (AvgIpc) is 2.48. The van der Waals surface area contributed by atoms with Gasteiger partial charge in [0.2, 0.25) is 5.91 Å². The Balaban J connectivity index is 1.75. The van der Waals surface area contributed by atoms with E-state index in [0.717, 1.165) is 5.56 Å². The summed E-state index contributed by atoms with van der Waals surface area (Å²) in [5.74, 6) is -0.569. The molecule has 0 aliphatic heterocycles. The number of benzene rings is 2. The largest absolute Gasteiger partial charge is 0.508 e. The molecule has 0 unspecified atom stereocenters. The van der Waals surface area contributed by atoms with Gasteiger partial charge in [-0.05, 0) is 48.2 Å². The molecule has 23 heavy (non-hydrogen) atoms. The van der Waals surface area contributed by atoms with Crippen LogP contribution in [0.4, 0.5) is 0 Å². The third-order valence-electron chi connectivity index (χ3n) is 3.38. The maximum absolute atomic E-state index is 11.8. The van der Waals surface area contributed by atoms with Gasteiger partial charge in [0.05, 0.1) is 0 Å². The molecule has 5 N–H and O–H groups in total. The first-order valence-corrected chi connectivity index (χ1v) is 7.23.